The van der Waals surface area contributed by atoms with Crippen LogP contribution in [0.2, 0.25) is 0 Å². The van der Waals surface area contributed by atoms with Gasteiger partial charge in [-0.2, -0.15) is 0 Å². The van der Waals surface area contributed by atoms with Gasteiger partial charge in [-0.3, -0.25) is 0 Å². The molecule has 0 saturated heterocycles. The van der Waals surface area contributed by atoms with Gasteiger partial charge in [0.05, 0.1) is 0 Å². The standard InChI is InChI=1S/C16H16O3/c1-12-7-6-8-13(2)16(12)19-15(17)11-18-14-9-4-3-5-10-14/h3-10H,11H2,1-2H3. The Kier molecular flexibility index (Phi) is 4.18. The van der Waals surface area contributed by atoms with Crippen molar-refractivity contribution in [2.45, 2.75) is 13.8 Å². The number of hydrogen-bond donors (Lipinski definition) is 0. The minimum atomic E-state index is -0.402. The van der Waals surface area contributed by atoms with E-state index in [0.717, 1.165) is 11.1 Å². The molecule has 0 bridgehead atoms. The van der Waals surface area contributed by atoms with E-state index in [4.69, 9.17) is 9.47 Å². The summed E-state index contributed by atoms with van der Waals surface area (Å²) in [5.74, 6) is 0.867. The highest BCUT2D eigenvalue weighted by Crippen LogP contribution is 2.22. The van der Waals surface area contributed by atoms with Gasteiger partial charge in [0.15, 0.2) is 6.61 Å². The van der Waals surface area contributed by atoms with Crippen LogP contribution in [-0.4, -0.2) is 12.6 Å². The van der Waals surface area contributed by atoms with Gasteiger partial charge in [-0.1, -0.05) is 36.4 Å². The van der Waals surface area contributed by atoms with Crippen molar-refractivity contribution in [3.05, 3.63) is 59.7 Å². The molecule has 0 aromatic heterocycles. The highest BCUT2D eigenvalue weighted by molar-refractivity contribution is 5.74. The van der Waals surface area contributed by atoms with Crippen LogP contribution >= 0.6 is 0 Å². The maximum absolute atomic E-state index is 11.7. The van der Waals surface area contributed by atoms with Crippen molar-refractivity contribution in [2.75, 3.05) is 6.61 Å². The third-order valence-corrected chi connectivity index (χ3v) is 2.72. The smallest absolute Gasteiger partial charge is 0.349 e. The second-order valence-electron chi connectivity index (χ2n) is 4.30. The molecule has 0 amide bonds. The number of aryl methyl sites for hydroxylation is 2. The Morgan fingerprint density at radius 2 is 1.58 bits per heavy atom. The second kappa shape index (κ2) is 6.05. The molecule has 0 spiro atoms. The molecule has 3 heteroatoms. The molecule has 0 aliphatic rings. The van der Waals surface area contributed by atoms with Crippen LogP contribution in [0, 0.1) is 13.8 Å². The van der Waals surface area contributed by atoms with Gasteiger partial charge in [0.2, 0.25) is 0 Å². The van der Waals surface area contributed by atoms with E-state index in [1.54, 1.807) is 12.1 Å². The molecule has 0 fully saturated rings. The summed E-state index contributed by atoms with van der Waals surface area (Å²) in [6, 6.07) is 14.9. The maximum atomic E-state index is 11.7. The summed E-state index contributed by atoms with van der Waals surface area (Å²) in [5, 5.41) is 0. The van der Waals surface area contributed by atoms with E-state index in [2.05, 4.69) is 0 Å². The first-order valence-corrected chi connectivity index (χ1v) is 6.11. The predicted octanol–water partition coefficient (Wildman–Crippen LogP) is 3.29. The Bertz CT molecular complexity index is 541. The molecule has 0 aliphatic heterocycles. The highest BCUT2D eigenvalue weighted by Gasteiger charge is 2.10. The van der Waals surface area contributed by atoms with E-state index in [9.17, 15) is 4.79 Å². The van der Waals surface area contributed by atoms with Gasteiger partial charge in [0, 0.05) is 0 Å². The number of ether oxygens (including phenoxy) is 2. The van der Waals surface area contributed by atoms with Crippen LogP contribution in [0.1, 0.15) is 11.1 Å². The van der Waals surface area contributed by atoms with Crippen LogP contribution in [0.5, 0.6) is 11.5 Å². The Labute approximate surface area is 112 Å². The Hall–Kier alpha value is -2.29. The zero-order valence-corrected chi connectivity index (χ0v) is 11.1. The number of carbonyl (C=O) groups excluding carboxylic acids is 1. The predicted molar refractivity (Wildman–Crippen MR) is 73.5 cm³/mol. The van der Waals surface area contributed by atoms with Crippen molar-refractivity contribution in [1.29, 1.82) is 0 Å². The average molecular weight is 256 g/mol. The van der Waals surface area contributed by atoms with Crippen LogP contribution in [0.4, 0.5) is 0 Å². The summed E-state index contributed by atoms with van der Waals surface area (Å²) in [4.78, 5) is 11.7. The lowest BCUT2D eigenvalue weighted by Gasteiger charge is -2.10. The molecule has 2 rings (SSSR count). The van der Waals surface area contributed by atoms with Gasteiger partial charge in [0.25, 0.3) is 0 Å². The Balaban J connectivity index is 1.95. The monoisotopic (exact) mass is 256 g/mol. The lowest BCUT2D eigenvalue weighted by atomic mass is 10.1. The van der Waals surface area contributed by atoms with E-state index in [-0.39, 0.29) is 6.61 Å². The van der Waals surface area contributed by atoms with E-state index in [1.165, 1.54) is 0 Å². The second-order valence-corrected chi connectivity index (χ2v) is 4.30. The number of esters is 1. The van der Waals surface area contributed by atoms with Crippen molar-refractivity contribution >= 4 is 5.97 Å². The van der Waals surface area contributed by atoms with Gasteiger partial charge in [-0.15, -0.1) is 0 Å². The van der Waals surface area contributed by atoms with Crippen molar-refractivity contribution in [3.8, 4) is 11.5 Å². The van der Waals surface area contributed by atoms with Gasteiger partial charge in [0.1, 0.15) is 11.5 Å². The molecule has 2 aromatic rings. The molecule has 3 nitrogen and oxygen atoms in total. The van der Waals surface area contributed by atoms with Crippen molar-refractivity contribution in [2.24, 2.45) is 0 Å². The van der Waals surface area contributed by atoms with E-state index in [1.807, 2.05) is 50.2 Å². The molecule has 0 atom stereocenters. The van der Waals surface area contributed by atoms with Crippen molar-refractivity contribution in [1.82, 2.24) is 0 Å². The van der Waals surface area contributed by atoms with Gasteiger partial charge < -0.3 is 9.47 Å². The number of benzene rings is 2. The van der Waals surface area contributed by atoms with E-state index in [0.29, 0.717) is 11.5 Å². The molecular formula is C16H16O3. The lowest BCUT2D eigenvalue weighted by Crippen LogP contribution is -2.18. The number of para-hydroxylation sites is 2. The zero-order chi connectivity index (χ0) is 13.7. The molecule has 0 N–H and O–H groups in total. The SMILES string of the molecule is Cc1cccc(C)c1OC(=O)COc1ccccc1. The minimum absolute atomic E-state index is 0.0994. The number of carbonyl (C=O) groups is 1. The lowest BCUT2D eigenvalue weighted by molar-refractivity contribution is -0.136. The Morgan fingerprint density at radius 3 is 2.21 bits per heavy atom. The molecule has 0 saturated carbocycles. The van der Waals surface area contributed by atoms with Gasteiger partial charge >= 0.3 is 5.97 Å². The van der Waals surface area contributed by atoms with Crippen LogP contribution < -0.4 is 9.47 Å². The Morgan fingerprint density at radius 1 is 0.947 bits per heavy atom. The molecule has 98 valence electrons. The molecular weight excluding hydrogens is 240 g/mol. The zero-order valence-electron chi connectivity index (χ0n) is 11.1. The molecule has 0 aliphatic carbocycles. The van der Waals surface area contributed by atoms with Crippen molar-refractivity contribution in [3.63, 3.8) is 0 Å². The molecule has 0 unspecified atom stereocenters. The quantitative estimate of drug-likeness (QED) is 0.622. The third-order valence-electron chi connectivity index (χ3n) is 2.72. The third kappa shape index (κ3) is 3.58. The molecule has 2 aromatic carbocycles. The van der Waals surface area contributed by atoms with Crippen LogP contribution in [0.15, 0.2) is 48.5 Å². The number of hydrogen-bond acceptors (Lipinski definition) is 3. The molecule has 0 heterocycles. The summed E-state index contributed by atoms with van der Waals surface area (Å²) in [6.45, 7) is 3.72. The fourth-order valence-electron chi connectivity index (χ4n) is 1.76. The fourth-order valence-corrected chi connectivity index (χ4v) is 1.76. The molecule has 0 radical (unpaired) electrons. The van der Waals surface area contributed by atoms with Crippen LogP contribution in [-0.2, 0) is 4.79 Å². The summed E-state index contributed by atoms with van der Waals surface area (Å²) in [7, 11) is 0. The minimum Gasteiger partial charge on any atom is -0.482 e. The first-order chi connectivity index (χ1) is 9.16. The summed E-state index contributed by atoms with van der Waals surface area (Å²) < 4.78 is 10.7. The first-order valence-electron chi connectivity index (χ1n) is 6.11. The fraction of sp³-hybridized carbons (Fsp3) is 0.188. The van der Waals surface area contributed by atoms with Crippen molar-refractivity contribution < 1.29 is 14.3 Å². The first kappa shape index (κ1) is 13.1. The summed E-state index contributed by atoms with van der Waals surface area (Å²) >= 11 is 0. The largest absolute Gasteiger partial charge is 0.482 e. The summed E-state index contributed by atoms with van der Waals surface area (Å²) in [6.07, 6.45) is 0. The topological polar surface area (TPSA) is 35.5 Å². The maximum Gasteiger partial charge on any atom is 0.349 e. The summed E-state index contributed by atoms with van der Waals surface area (Å²) in [5.41, 5.74) is 1.88. The normalized spacial score (nSPS) is 10.0. The van der Waals surface area contributed by atoms with Crippen LogP contribution in [0.3, 0.4) is 0 Å². The van der Waals surface area contributed by atoms with Gasteiger partial charge in [-0.25, -0.2) is 4.79 Å². The van der Waals surface area contributed by atoms with E-state index >= 15 is 0 Å². The average Bonchev–Trinajstić information content (AvgIpc) is 2.42. The van der Waals surface area contributed by atoms with Gasteiger partial charge in [-0.05, 0) is 37.1 Å². The molecule has 19 heavy (non-hydrogen) atoms. The van der Waals surface area contributed by atoms with E-state index < -0.39 is 5.97 Å². The number of rotatable bonds is 4. The highest BCUT2D eigenvalue weighted by atomic mass is 16.6. The van der Waals surface area contributed by atoms with Crippen LogP contribution in [0.25, 0.3) is 0 Å².